The summed E-state index contributed by atoms with van der Waals surface area (Å²) >= 11 is 0. The number of benzene rings is 1. The summed E-state index contributed by atoms with van der Waals surface area (Å²) in [5.41, 5.74) is 0.645. The summed E-state index contributed by atoms with van der Waals surface area (Å²) in [6.45, 7) is 0.923. The van der Waals surface area contributed by atoms with Crippen molar-refractivity contribution in [1.82, 2.24) is 5.32 Å². The van der Waals surface area contributed by atoms with E-state index in [0.717, 1.165) is 25.8 Å². The number of ether oxygens (including phenoxy) is 1. The largest absolute Gasteiger partial charge is 0.458 e. The molecule has 1 aliphatic rings. The third-order valence-electron chi connectivity index (χ3n) is 3.57. The molecule has 0 bridgehead atoms. The maximum Gasteiger partial charge on any atom is 0.338 e. The first-order valence-electron chi connectivity index (χ1n) is 6.72. The van der Waals surface area contributed by atoms with E-state index in [-0.39, 0.29) is 12.1 Å². The lowest BCUT2D eigenvalue weighted by atomic mass is 9.86. The van der Waals surface area contributed by atoms with Gasteiger partial charge in [-0.25, -0.2) is 4.79 Å². The van der Waals surface area contributed by atoms with E-state index in [9.17, 15) is 4.79 Å². The van der Waals surface area contributed by atoms with Crippen molar-refractivity contribution in [2.24, 2.45) is 5.92 Å². The second-order valence-corrected chi connectivity index (χ2v) is 4.91. The molecule has 3 heteroatoms. The number of hydrogen-bond acceptors (Lipinski definition) is 3. The summed E-state index contributed by atoms with van der Waals surface area (Å²) in [6, 6.07) is 9.24. The first-order chi connectivity index (χ1) is 8.81. The van der Waals surface area contributed by atoms with E-state index in [1.807, 2.05) is 25.2 Å². The molecule has 0 aliphatic heterocycles. The zero-order valence-corrected chi connectivity index (χ0v) is 10.9. The second-order valence-electron chi connectivity index (χ2n) is 4.91. The normalized spacial score (nSPS) is 23.6. The average Bonchev–Trinajstić information content (AvgIpc) is 2.42. The van der Waals surface area contributed by atoms with Crippen molar-refractivity contribution in [3.05, 3.63) is 35.9 Å². The summed E-state index contributed by atoms with van der Waals surface area (Å²) in [5.74, 6) is 0.264. The van der Waals surface area contributed by atoms with Crippen LogP contribution < -0.4 is 5.32 Å². The fourth-order valence-corrected chi connectivity index (χ4v) is 2.60. The van der Waals surface area contributed by atoms with Gasteiger partial charge in [-0.2, -0.15) is 0 Å². The average molecular weight is 247 g/mol. The predicted octanol–water partition coefficient (Wildman–Crippen LogP) is 2.62. The molecule has 1 aromatic rings. The number of rotatable bonds is 4. The minimum Gasteiger partial charge on any atom is -0.458 e. The Bertz CT molecular complexity index is 375. The highest BCUT2D eigenvalue weighted by atomic mass is 16.5. The maximum absolute atomic E-state index is 12.0. The first kappa shape index (κ1) is 13.1. The molecule has 18 heavy (non-hydrogen) atoms. The number of esters is 1. The second kappa shape index (κ2) is 6.55. The van der Waals surface area contributed by atoms with Crippen LogP contribution in [0.4, 0.5) is 0 Å². The van der Waals surface area contributed by atoms with Gasteiger partial charge in [0.15, 0.2) is 0 Å². The summed E-state index contributed by atoms with van der Waals surface area (Å²) in [6.07, 6.45) is 4.61. The van der Waals surface area contributed by atoms with Gasteiger partial charge in [-0.1, -0.05) is 24.6 Å². The summed E-state index contributed by atoms with van der Waals surface area (Å²) < 4.78 is 5.66. The van der Waals surface area contributed by atoms with E-state index in [1.54, 1.807) is 12.1 Å². The zero-order chi connectivity index (χ0) is 12.8. The first-order valence-corrected chi connectivity index (χ1v) is 6.72. The van der Waals surface area contributed by atoms with Crippen LogP contribution >= 0.6 is 0 Å². The van der Waals surface area contributed by atoms with Crippen LogP contribution in [0.5, 0.6) is 0 Å². The fourth-order valence-electron chi connectivity index (χ4n) is 2.60. The van der Waals surface area contributed by atoms with Crippen LogP contribution in [-0.4, -0.2) is 25.7 Å². The van der Waals surface area contributed by atoms with E-state index in [0.29, 0.717) is 11.5 Å². The highest BCUT2D eigenvalue weighted by Crippen LogP contribution is 2.27. The molecule has 98 valence electrons. The molecule has 2 rings (SSSR count). The minimum atomic E-state index is -0.191. The van der Waals surface area contributed by atoms with Crippen LogP contribution in [0, 0.1) is 5.92 Å². The van der Waals surface area contributed by atoms with Gasteiger partial charge < -0.3 is 10.1 Å². The van der Waals surface area contributed by atoms with Gasteiger partial charge in [0.25, 0.3) is 0 Å². The lowest BCUT2D eigenvalue weighted by molar-refractivity contribution is 0.00191. The minimum absolute atomic E-state index is 0.0684. The van der Waals surface area contributed by atoms with E-state index in [1.165, 1.54) is 6.42 Å². The molecule has 0 heterocycles. The Morgan fingerprint density at radius 2 is 2.00 bits per heavy atom. The Hall–Kier alpha value is -1.35. The van der Waals surface area contributed by atoms with Gasteiger partial charge >= 0.3 is 5.97 Å². The van der Waals surface area contributed by atoms with Crippen LogP contribution in [0.3, 0.4) is 0 Å². The molecule has 3 nitrogen and oxygen atoms in total. The summed E-state index contributed by atoms with van der Waals surface area (Å²) in [7, 11) is 1.95. The number of carbonyl (C=O) groups excluding carboxylic acids is 1. The van der Waals surface area contributed by atoms with E-state index in [2.05, 4.69) is 5.32 Å². The van der Waals surface area contributed by atoms with Crippen molar-refractivity contribution in [2.45, 2.75) is 31.8 Å². The van der Waals surface area contributed by atoms with Crippen molar-refractivity contribution < 1.29 is 9.53 Å². The van der Waals surface area contributed by atoms with Gasteiger partial charge in [0.2, 0.25) is 0 Å². The van der Waals surface area contributed by atoms with E-state index < -0.39 is 0 Å². The van der Waals surface area contributed by atoms with Gasteiger partial charge in [0, 0.05) is 12.5 Å². The molecule has 1 aromatic carbocycles. The molecule has 1 N–H and O–H groups in total. The number of nitrogens with one attached hydrogen (secondary N) is 1. The highest BCUT2D eigenvalue weighted by Gasteiger charge is 2.27. The van der Waals surface area contributed by atoms with E-state index >= 15 is 0 Å². The maximum atomic E-state index is 12.0. The molecule has 0 aromatic heterocycles. The van der Waals surface area contributed by atoms with Crippen LogP contribution in [0.1, 0.15) is 36.0 Å². The lowest BCUT2D eigenvalue weighted by Gasteiger charge is -2.31. The Kier molecular flexibility index (Phi) is 4.76. The standard InChI is InChI=1S/C15H21NO2/c1-16-11-13-9-5-6-10-14(13)18-15(17)12-7-3-2-4-8-12/h2-4,7-8,13-14,16H,5-6,9-11H2,1H3. The summed E-state index contributed by atoms with van der Waals surface area (Å²) in [5, 5.41) is 3.19. The van der Waals surface area contributed by atoms with Crippen LogP contribution in [-0.2, 0) is 4.74 Å². The molecule has 0 amide bonds. The quantitative estimate of drug-likeness (QED) is 0.831. The van der Waals surface area contributed by atoms with Crippen LogP contribution in [0.15, 0.2) is 30.3 Å². The Balaban J connectivity index is 1.96. The molecule has 0 spiro atoms. The highest BCUT2D eigenvalue weighted by molar-refractivity contribution is 5.89. The topological polar surface area (TPSA) is 38.3 Å². The number of carbonyl (C=O) groups is 1. The van der Waals surface area contributed by atoms with Gasteiger partial charge in [-0.05, 0) is 38.4 Å². The van der Waals surface area contributed by atoms with Crippen molar-refractivity contribution in [2.75, 3.05) is 13.6 Å². The monoisotopic (exact) mass is 247 g/mol. The van der Waals surface area contributed by atoms with Gasteiger partial charge in [-0.3, -0.25) is 0 Å². The van der Waals surface area contributed by atoms with Gasteiger partial charge in [0.1, 0.15) is 6.10 Å². The molecule has 2 unspecified atom stereocenters. The van der Waals surface area contributed by atoms with Gasteiger partial charge in [-0.15, -0.1) is 0 Å². The molecule has 1 aliphatic carbocycles. The van der Waals surface area contributed by atoms with Crippen LogP contribution in [0.25, 0.3) is 0 Å². The third-order valence-corrected chi connectivity index (χ3v) is 3.57. The molecule has 0 radical (unpaired) electrons. The van der Waals surface area contributed by atoms with Crippen molar-refractivity contribution in [1.29, 1.82) is 0 Å². The van der Waals surface area contributed by atoms with E-state index in [4.69, 9.17) is 4.74 Å². The van der Waals surface area contributed by atoms with Crippen molar-refractivity contribution >= 4 is 5.97 Å². The Morgan fingerprint density at radius 1 is 1.28 bits per heavy atom. The molecule has 2 atom stereocenters. The Morgan fingerprint density at radius 3 is 2.72 bits per heavy atom. The van der Waals surface area contributed by atoms with Crippen molar-refractivity contribution in [3.8, 4) is 0 Å². The van der Waals surface area contributed by atoms with Gasteiger partial charge in [0.05, 0.1) is 5.56 Å². The third kappa shape index (κ3) is 3.33. The fraction of sp³-hybridized carbons (Fsp3) is 0.533. The predicted molar refractivity (Wildman–Crippen MR) is 71.5 cm³/mol. The molecule has 1 fully saturated rings. The molecule has 0 saturated heterocycles. The Labute approximate surface area is 109 Å². The zero-order valence-electron chi connectivity index (χ0n) is 10.9. The lowest BCUT2D eigenvalue weighted by Crippen LogP contribution is -2.35. The van der Waals surface area contributed by atoms with Crippen LogP contribution in [0.2, 0.25) is 0 Å². The SMILES string of the molecule is CNCC1CCCCC1OC(=O)c1ccccc1. The van der Waals surface area contributed by atoms with Crippen molar-refractivity contribution in [3.63, 3.8) is 0 Å². The number of hydrogen-bond donors (Lipinski definition) is 1. The smallest absolute Gasteiger partial charge is 0.338 e. The summed E-state index contributed by atoms with van der Waals surface area (Å²) in [4.78, 5) is 12.0. The molecular weight excluding hydrogens is 226 g/mol. The molecular formula is C15H21NO2. The molecule has 1 saturated carbocycles.